The Bertz CT molecular complexity index is 719. The minimum Gasteiger partial charge on any atom is -0.453 e. The number of hydrogen-bond donors (Lipinski definition) is 0. The van der Waals surface area contributed by atoms with Gasteiger partial charge in [0.2, 0.25) is 0 Å². The first-order valence-corrected chi connectivity index (χ1v) is 6.36. The maximum atomic E-state index is 5.98. The predicted molar refractivity (Wildman–Crippen MR) is 70.4 cm³/mol. The molecule has 3 nitrogen and oxygen atoms in total. The summed E-state index contributed by atoms with van der Waals surface area (Å²) in [6, 6.07) is 8.78. The van der Waals surface area contributed by atoms with Crippen molar-refractivity contribution in [3.05, 3.63) is 42.2 Å². The Morgan fingerprint density at radius 1 is 1.28 bits per heavy atom. The van der Waals surface area contributed by atoms with E-state index in [0.29, 0.717) is 6.04 Å². The summed E-state index contributed by atoms with van der Waals surface area (Å²) in [4.78, 5) is 4.47. The molecule has 0 radical (unpaired) electrons. The second-order valence-electron chi connectivity index (χ2n) is 4.94. The number of aryl methyl sites for hydroxylation is 1. The van der Waals surface area contributed by atoms with Gasteiger partial charge in [-0.1, -0.05) is 18.2 Å². The van der Waals surface area contributed by atoms with Gasteiger partial charge in [0.15, 0.2) is 11.6 Å². The Hall–Kier alpha value is -2.03. The van der Waals surface area contributed by atoms with Crippen LogP contribution in [-0.2, 0) is 0 Å². The van der Waals surface area contributed by atoms with Crippen molar-refractivity contribution >= 4 is 11.0 Å². The lowest BCUT2D eigenvalue weighted by Crippen LogP contribution is -1.95. The Morgan fingerprint density at radius 2 is 2.11 bits per heavy atom. The van der Waals surface area contributed by atoms with Crippen molar-refractivity contribution in [3.8, 4) is 11.6 Å². The smallest absolute Gasteiger partial charge is 0.176 e. The fraction of sp³-hybridized carbons (Fsp3) is 0.267. The van der Waals surface area contributed by atoms with Gasteiger partial charge in [-0.3, -0.25) is 0 Å². The minimum atomic E-state index is 0.620. The maximum absolute atomic E-state index is 5.98. The first kappa shape index (κ1) is 9.95. The van der Waals surface area contributed by atoms with Crippen LogP contribution in [0.2, 0.25) is 0 Å². The van der Waals surface area contributed by atoms with E-state index in [2.05, 4.69) is 28.7 Å². The van der Waals surface area contributed by atoms with Crippen molar-refractivity contribution in [2.45, 2.75) is 25.8 Å². The third-order valence-corrected chi connectivity index (χ3v) is 3.66. The molecule has 1 saturated carbocycles. The van der Waals surface area contributed by atoms with Crippen LogP contribution in [0.3, 0.4) is 0 Å². The van der Waals surface area contributed by atoms with E-state index in [1.54, 1.807) is 0 Å². The fourth-order valence-corrected chi connectivity index (χ4v) is 2.52. The monoisotopic (exact) mass is 238 g/mol. The molecule has 0 amide bonds. The molecule has 0 atom stereocenters. The summed E-state index contributed by atoms with van der Waals surface area (Å²) in [5, 5.41) is 1.18. The van der Waals surface area contributed by atoms with Crippen LogP contribution in [0.25, 0.3) is 22.6 Å². The Kier molecular flexibility index (Phi) is 1.92. The van der Waals surface area contributed by atoms with Gasteiger partial charge in [-0.15, -0.1) is 0 Å². The van der Waals surface area contributed by atoms with Crippen molar-refractivity contribution in [2.24, 2.45) is 0 Å². The van der Waals surface area contributed by atoms with Gasteiger partial charge < -0.3 is 8.98 Å². The van der Waals surface area contributed by atoms with Crippen LogP contribution in [0.4, 0.5) is 0 Å². The van der Waals surface area contributed by atoms with Gasteiger partial charge in [-0.25, -0.2) is 4.98 Å². The number of fused-ring (bicyclic) bond motifs is 1. The molecule has 18 heavy (non-hydrogen) atoms. The summed E-state index contributed by atoms with van der Waals surface area (Å²) < 4.78 is 8.22. The number of imidazole rings is 1. The summed E-state index contributed by atoms with van der Waals surface area (Å²) in [5.74, 6) is 1.87. The van der Waals surface area contributed by atoms with Crippen LogP contribution < -0.4 is 0 Å². The van der Waals surface area contributed by atoms with E-state index in [1.807, 2.05) is 24.4 Å². The highest BCUT2D eigenvalue weighted by Gasteiger charge is 2.27. The van der Waals surface area contributed by atoms with Gasteiger partial charge in [-0.05, 0) is 25.8 Å². The minimum absolute atomic E-state index is 0.620. The van der Waals surface area contributed by atoms with Gasteiger partial charge in [0, 0.05) is 29.4 Å². The van der Waals surface area contributed by atoms with E-state index in [1.165, 1.54) is 23.8 Å². The fourth-order valence-electron chi connectivity index (χ4n) is 2.52. The molecule has 0 N–H and O–H groups in total. The summed E-state index contributed by atoms with van der Waals surface area (Å²) in [7, 11) is 0. The molecule has 2 aromatic heterocycles. The second kappa shape index (κ2) is 3.48. The van der Waals surface area contributed by atoms with Gasteiger partial charge >= 0.3 is 0 Å². The number of para-hydroxylation sites is 1. The molecule has 1 aliphatic carbocycles. The molecular weight excluding hydrogens is 224 g/mol. The normalized spacial score (nSPS) is 15.4. The number of nitrogens with zero attached hydrogens (tertiary/aromatic N) is 2. The molecule has 3 aromatic rings. The molecule has 90 valence electrons. The highest BCUT2D eigenvalue weighted by Crippen LogP contribution is 2.40. The molecule has 0 aliphatic heterocycles. The maximum Gasteiger partial charge on any atom is 0.176 e. The molecule has 1 fully saturated rings. The van der Waals surface area contributed by atoms with E-state index in [9.17, 15) is 0 Å². The molecule has 3 heteroatoms. The van der Waals surface area contributed by atoms with Crippen molar-refractivity contribution in [1.29, 1.82) is 0 Å². The lowest BCUT2D eigenvalue weighted by atomic mass is 10.1. The van der Waals surface area contributed by atoms with Crippen molar-refractivity contribution in [2.75, 3.05) is 0 Å². The topological polar surface area (TPSA) is 31.0 Å². The molecule has 4 rings (SSSR count). The van der Waals surface area contributed by atoms with Gasteiger partial charge in [0.25, 0.3) is 0 Å². The third-order valence-electron chi connectivity index (χ3n) is 3.66. The predicted octanol–water partition coefficient (Wildman–Crippen LogP) is 3.94. The highest BCUT2D eigenvalue weighted by atomic mass is 16.3. The first-order valence-electron chi connectivity index (χ1n) is 6.36. The third kappa shape index (κ3) is 1.33. The molecular formula is C15H14N2O. The molecule has 0 unspecified atom stereocenters. The van der Waals surface area contributed by atoms with E-state index in [0.717, 1.165) is 17.2 Å². The molecule has 0 bridgehead atoms. The van der Waals surface area contributed by atoms with Crippen molar-refractivity contribution in [1.82, 2.24) is 9.55 Å². The van der Waals surface area contributed by atoms with Gasteiger partial charge in [-0.2, -0.15) is 0 Å². The van der Waals surface area contributed by atoms with E-state index in [-0.39, 0.29) is 0 Å². The molecule has 0 saturated heterocycles. The molecule has 2 heterocycles. The Balaban J connectivity index is 1.96. The lowest BCUT2D eigenvalue weighted by molar-refractivity contribution is 0.610. The summed E-state index contributed by atoms with van der Waals surface area (Å²) in [5.41, 5.74) is 2.12. The number of rotatable bonds is 2. The summed E-state index contributed by atoms with van der Waals surface area (Å²) in [6.45, 7) is 2.10. The average molecular weight is 238 g/mol. The van der Waals surface area contributed by atoms with Gasteiger partial charge in [0.05, 0.1) is 0 Å². The highest BCUT2D eigenvalue weighted by molar-refractivity contribution is 5.86. The Morgan fingerprint density at radius 3 is 2.89 bits per heavy atom. The average Bonchev–Trinajstić information content (AvgIpc) is 3.04. The van der Waals surface area contributed by atoms with Crippen LogP contribution >= 0.6 is 0 Å². The summed E-state index contributed by atoms with van der Waals surface area (Å²) in [6.07, 6.45) is 6.42. The quantitative estimate of drug-likeness (QED) is 0.677. The number of benzene rings is 1. The zero-order chi connectivity index (χ0) is 12.1. The van der Waals surface area contributed by atoms with Crippen LogP contribution in [0.1, 0.15) is 24.4 Å². The van der Waals surface area contributed by atoms with Crippen LogP contribution in [0.15, 0.2) is 41.1 Å². The number of furan rings is 1. The zero-order valence-electron chi connectivity index (χ0n) is 10.3. The van der Waals surface area contributed by atoms with Crippen molar-refractivity contribution < 1.29 is 4.42 Å². The molecule has 1 aliphatic rings. The SMILES string of the molecule is Cc1c(-c2nccn2C2CC2)oc2ccccc12. The van der Waals surface area contributed by atoms with Crippen LogP contribution in [-0.4, -0.2) is 9.55 Å². The number of hydrogen-bond acceptors (Lipinski definition) is 2. The van der Waals surface area contributed by atoms with Crippen LogP contribution in [0.5, 0.6) is 0 Å². The Labute approximate surface area is 105 Å². The summed E-state index contributed by atoms with van der Waals surface area (Å²) >= 11 is 0. The zero-order valence-corrected chi connectivity index (χ0v) is 10.3. The standard InChI is InChI=1S/C15H14N2O/c1-10-12-4-2-3-5-13(12)18-14(10)15-16-8-9-17(15)11-6-7-11/h2-5,8-9,11H,6-7H2,1H3. The molecule has 1 aromatic carbocycles. The van der Waals surface area contributed by atoms with E-state index >= 15 is 0 Å². The van der Waals surface area contributed by atoms with Crippen LogP contribution in [0, 0.1) is 6.92 Å². The second-order valence-corrected chi connectivity index (χ2v) is 4.94. The molecule has 0 spiro atoms. The largest absolute Gasteiger partial charge is 0.453 e. The van der Waals surface area contributed by atoms with Gasteiger partial charge in [0.1, 0.15) is 5.58 Å². The van der Waals surface area contributed by atoms with E-state index < -0.39 is 0 Å². The van der Waals surface area contributed by atoms with E-state index in [4.69, 9.17) is 4.42 Å². The first-order chi connectivity index (χ1) is 8.84. The number of aromatic nitrogens is 2. The lowest BCUT2D eigenvalue weighted by Gasteiger charge is -2.03. The van der Waals surface area contributed by atoms with Crippen molar-refractivity contribution in [3.63, 3.8) is 0 Å².